The van der Waals surface area contributed by atoms with E-state index >= 15 is 0 Å². The number of nitrogens with zero attached hydrogens (tertiary/aromatic N) is 3. The summed E-state index contributed by atoms with van der Waals surface area (Å²) in [6, 6.07) is 5.28. The number of ether oxygens (including phenoxy) is 1. The second kappa shape index (κ2) is 8.42. The Morgan fingerprint density at radius 1 is 1.18 bits per heavy atom. The van der Waals surface area contributed by atoms with Crippen molar-refractivity contribution in [1.29, 1.82) is 0 Å². The van der Waals surface area contributed by atoms with E-state index in [2.05, 4.69) is 22.3 Å². The molecule has 2 aromatic rings. The van der Waals surface area contributed by atoms with Gasteiger partial charge in [-0.1, -0.05) is 11.6 Å². The first kappa shape index (κ1) is 22.4. The highest BCUT2D eigenvalue weighted by Crippen LogP contribution is 2.61. The van der Waals surface area contributed by atoms with Crippen molar-refractivity contribution in [3.8, 4) is 5.82 Å². The van der Waals surface area contributed by atoms with E-state index in [4.69, 9.17) is 16.3 Å². The summed E-state index contributed by atoms with van der Waals surface area (Å²) < 4.78 is 6.93. The van der Waals surface area contributed by atoms with Gasteiger partial charge in [0.15, 0.2) is 18.1 Å². The van der Waals surface area contributed by atoms with Gasteiger partial charge in [-0.05, 0) is 101 Å². The van der Waals surface area contributed by atoms with E-state index < -0.39 is 5.97 Å². The summed E-state index contributed by atoms with van der Waals surface area (Å²) in [4.78, 5) is 29.7. The van der Waals surface area contributed by atoms with Crippen LogP contribution in [0.4, 0.5) is 0 Å². The van der Waals surface area contributed by atoms with Crippen LogP contribution in [0.25, 0.3) is 5.82 Å². The summed E-state index contributed by atoms with van der Waals surface area (Å²) in [5.74, 6) is 1.92. The van der Waals surface area contributed by atoms with Gasteiger partial charge in [0.1, 0.15) is 0 Å². The molecular weight excluding hydrogens is 440 g/mol. The van der Waals surface area contributed by atoms with Crippen molar-refractivity contribution in [2.75, 3.05) is 6.61 Å². The molecule has 2 aromatic heterocycles. The number of aryl methyl sites for hydroxylation is 2. The maximum Gasteiger partial charge on any atom is 0.359 e. The van der Waals surface area contributed by atoms with Gasteiger partial charge >= 0.3 is 5.97 Å². The van der Waals surface area contributed by atoms with Gasteiger partial charge in [0.05, 0.1) is 10.7 Å². The van der Waals surface area contributed by atoms with Gasteiger partial charge < -0.3 is 10.1 Å². The van der Waals surface area contributed by atoms with Crippen molar-refractivity contribution in [3.05, 3.63) is 40.3 Å². The number of carbonyl (C=O) groups excluding carboxylic acids is 2. The minimum atomic E-state index is -0.721. The zero-order valence-electron chi connectivity index (χ0n) is 19.4. The van der Waals surface area contributed by atoms with Crippen LogP contribution >= 0.6 is 11.6 Å². The van der Waals surface area contributed by atoms with Crippen molar-refractivity contribution in [1.82, 2.24) is 20.1 Å². The summed E-state index contributed by atoms with van der Waals surface area (Å²) in [5.41, 5.74) is 1.91. The number of hydrogen-bond donors (Lipinski definition) is 1. The molecule has 4 fully saturated rings. The summed E-state index contributed by atoms with van der Waals surface area (Å²) in [6.07, 6.45) is 7.71. The Morgan fingerprint density at radius 2 is 1.82 bits per heavy atom. The number of halogens is 1. The number of carbonyl (C=O) groups is 2. The maximum absolute atomic E-state index is 12.7. The average Bonchev–Trinajstić information content (AvgIpc) is 3.09. The summed E-state index contributed by atoms with van der Waals surface area (Å²) in [6.45, 7) is 5.56. The smallest absolute Gasteiger partial charge is 0.359 e. The lowest BCUT2D eigenvalue weighted by molar-refractivity contribution is -0.128. The fraction of sp³-hybridized carbons (Fsp3) is 0.600. The lowest BCUT2D eigenvalue weighted by Gasteiger charge is -2.59. The number of rotatable bonds is 6. The number of esters is 1. The molecule has 7 nitrogen and oxygen atoms in total. The number of amides is 1. The monoisotopic (exact) mass is 470 g/mol. The van der Waals surface area contributed by atoms with Crippen molar-refractivity contribution in [2.24, 2.45) is 23.2 Å². The Bertz CT molecular complexity index is 1060. The molecule has 0 spiro atoms. The fourth-order valence-corrected chi connectivity index (χ4v) is 7.08. The standard InChI is InChI=1S/C25H31ClN4O3/c1-14-6-15(2)30(29-14)21-5-4-20(26)23(28-21)24(32)33-13-22(31)27-16(3)25-10-17-7-18(11-25)9-19(8-17)12-25/h4-6,16-19H,7-13H2,1-3H3,(H,27,31)/t16-,17?,18?,19?,25?/m0/s1. The van der Waals surface area contributed by atoms with E-state index in [1.54, 1.807) is 16.8 Å². The molecule has 0 unspecified atom stereocenters. The van der Waals surface area contributed by atoms with Crippen LogP contribution in [0.3, 0.4) is 0 Å². The van der Waals surface area contributed by atoms with Crippen LogP contribution in [0.2, 0.25) is 5.02 Å². The third-order valence-corrected chi connectivity index (χ3v) is 8.27. The molecule has 4 saturated carbocycles. The van der Waals surface area contributed by atoms with Crippen LogP contribution in [0.5, 0.6) is 0 Å². The van der Waals surface area contributed by atoms with E-state index in [1.807, 2.05) is 19.9 Å². The van der Waals surface area contributed by atoms with Crippen molar-refractivity contribution >= 4 is 23.5 Å². The first-order valence-corrected chi connectivity index (χ1v) is 12.3. The molecule has 0 aliphatic heterocycles. The van der Waals surface area contributed by atoms with Gasteiger partial charge in [0, 0.05) is 11.7 Å². The topological polar surface area (TPSA) is 86.1 Å². The second-order valence-electron chi connectivity index (χ2n) is 10.5. The zero-order chi connectivity index (χ0) is 23.3. The highest BCUT2D eigenvalue weighted by molar-refractivity contribution is 6.33. The molecule has 1 N–H and O–H groups in total. The van der Waals surface area contributed by atoms with Gasteiger partial charge in [-0.25, -0.2) is 14.5 Å². The summed E-state index contributed by atoms with van der Waals surface area (Å²) in [5, 5.41) is 7.69. The molecule has 176 valence electrons. The van der Waals surface area contributed by atoms with Gasteiger partial charge in [-0.15, -0.1) is 0 Å². The average molecular weight is 471 g/mol. The van der Waals surface area contributed by atoms with Gasteiger partial charge in [0.2, 0.25) is 0 Å². The van der Waals surface area contributed by atoms with Crippen LogP contribution in [0, 0.1) is 37.0 Å². The van der Waals surface area contributed by atoms with Gasteiger partial charge in [-0.2, -0.15) is 5.10 Å². The molecule has 1 amide bonds. The summed E-state index contributed by atoms with van der Waals surface area (Å²) in [7, 11) is 0. The quantitative estimate of drug-likeness (QED) is 0.632. The Hall–Kier alpha value is -2.41. The SMILES string of the molecule is Cc1cc(C)n(-c2ccc(Cl)c(C(=O)OCC(=O)N[C@@H](C)C34CC5CC(CC(C5)C3)C4)n2)n1. The minimum absolute atomic E-state index is 0.0244. The number of aromatic nitrogens is 3. The van der Waals surface area contributed by atoms with E-state index in [1.165, 1.54) is 38.5 Å². The van der Waals surface area contributed by atoms with E-state index in [0.29, 0.717) is 5.82 Å². The van der Waals surface area contributed by atoms with Crippen molar-refractivity contribution in [2.45, 2.75) is 65.3 Å². The molecule has 6 rings (SSSR count). The van der Waals surface area contributed by atoms with Crippen LogP contribution < -0.4 is 5.32 Å². The van der Waals surface area contributed by atoms with Crippen LogP contribution in [-0.2, 0) is 9.53 Å². The predicted molar refractivity (Wildman–Crippen MR) is 124 cm³/mol. The zero-order valence-corrected chi connectivity index (χ0v) is 20.2. The molecule has 4 aliphatic carbocycles. The van der Waals surface area contributed by atoms with E-state index in [-0.39, 0.29) is 34.7 Å². The minimum Gasteiger partial charge on any atom is -0.451 e. The lowest BCUT2D eigenvalue weighted by atomic mass is 9.48. The third-order valence-electron chi connectivity index (χ3n) is 7.97. The first-order chi connectivity index (χ1) is 15.7. The van der Waals surface area contributed by atoms with Crippen LogP contribution in [0.15, 0.2) is 18.2 Å². The van der Waals surface area contributed by atoms with Crippen LogP contribution in [-0.4, -0.2) is 39.3 Å². The normalized spacial score (nSPS) is 28.5. The second-order valence-corrected chi connectivity index (χ2v) is 10.9. The first-order valence-electron chi connectivity index (χ1n) is 11.9. The van der Waals surface area contributed by atoms with Crippen LogP contribution in [0.1, 0.15) is 67.3 Å². The molecule has 0 saturated heterocycles. The number of hydrogen-bond acceptors (Lipinski definition) is 5. The molecular formula is C25H31ClN4O3. The van der Waals surface area contributed by atoms with E-state index in [9.17, 15) is 9.59 Å². The predicted octanol–water partition coefficient (Wildman–Crippen LogP) is 4.42. The fourth-order valence-electron chi connectivity index (χ4n) is 6.90. The van der Waals surface area contributed by atoms with E-state index in [0.717, 1.165) is 29.1 Å². The highest BCUT2D eigenvalue weighted by Gasteiger charge is 2.53. The Labute approximate surface area is 199 Å². The molecule has 1 atom stereocenters. The Kier molecular flexibility index (Phi) is 5.71. The molecule has 2 heterocycles. The Balaban J connectivity index is 1.21. The third kappa shape index (κ3) is 4.27. The molecule has 4 bridgehead atoms. The molecule has 0 aromatic carbocycles. The molecule has 8 heteroatoms. The summed E-state index contributed by atoms with van der Waals surface area (Å²) >= 11 is 6.21. The highest BCUT2D eigenvalue weighted by atomic mass is 35.5. The van der Waals surface area contributed by atoms with Gasteiger partial charge in [-0.3, -0.25) is 4.79 Å². The largest absolute Gasteiger partial charge is 0.451 e. The Morgan fingerprint density at radius 3 is 2.39 bits per heavy atom. The number of pyridine rings is 1. The lowest BCUT2D eigenvalue weighted by Crippen LogP contribution is -2.56. The molecule has 4 aliphatic rings. The number of nitrogens with one attached hydrogen (secondary N) is 1. The molecule has 0 radical (unpaired) electrons. The maximum atomic E-state index is 12.7. The van der Waals surface area contributed by atoms with Gasteiger partial charge in [0.25, 0.3) is 5.91 Å². The van der Waals surface area contributed by atoms with Crippen molar-refractivity contribution < 1.29 is 14.3 Å². The molecule has 33 heavy (non-hydrogen) atoms. The van der Waals surface area contributed by atoms with Crippen molar-refractivity contribution in [3.63, 3.8) is 0 Å².